The van der Waals surface area contributed by atoms with Crippen molar-refractivity contribution in [2.75, 3.05) is 55.9 Å². The molecule has 0 radical (unpaired) electrons. The summed E-state index contributed by atoms with van der Waals surface area (Å²) < 4.78 is 2.07. The van der Waals surface area contributed by atoms with Crippen LogP contribution in [0.5, 0.6) is 0 Å². The summed E-state index contributed by atoms with van der Waals surface area (Å²) in [6.45, 7) is 4.47. The van der Waals surface area contributed by atoms with Crippen molar-refractivity contribution < 1.29 is 18.9 Å². The van der Waals surface area contributed by atoms with E-state index in [0.717, 1.165) is 15.9 Å². The third-order valence-electron chi connectivity index (χ3n) is 0.949. The van der Waals surface area contributed by atoms with Gasteiger partial charge in [0.25, 0.3) is 5.97 Å². The van der Waals surface area contributed by atoms with Crippen molar-refractivity contribution in [2.24, 2.45) is 0 Å². The number of carboxylic acid groups (broad SMARTS) is 1. The van der Waals surface area contributed by atoms with E-state index in [1.807, 2.05) is 0 Å². The van der Waals surface area contributed by atoms with Gasteiger partial charge in [-0.2, -0.15) is 0 Å². The number of aliphatic carboxylic acids is 1. The van der Waals surface area contributed by atoms with Gasteiger partial charge in [0.15, 0.2) is 0 Å². The van der Waals surface area contributed by atoms with Crippen LogP contribution in [0.2, 0.25) is 0 Å². The Morgan fingerprint density at radius 1 is 1.00 bits per heavy atom. The third kappa shape index (κ3) is 304. The molecule has 0 unspecified atom stereocenters. The zero-order chi connectivity index (χ0) is 13.3. The number of carbonyl (C=O) groups is 1. The number of rotatable bonds is 1. The van der Waals surface area contributed by atoms with Crippen LogP contribution in [0.25, 0.3) is 0 Å². The zero-order valence-electron chi connectivity index (χ0n) is 12.0. The summed E-state index contributed by atoms with van der Waals surface area (Å²) in [5.41, 5.74) is 0. The average molecular weight is 222 g/mol. The summed E-state index contributed by atoms with van der Waals surface area (Å²) in [4.78, 5) is 9.00. The Bertz CT molecular complexity index is 145. The van der Waals surface area contributed by atoms with E-state index in [4.69, 9.17) is 9.90 Å². The van der Waals surface area contributed by atoms with Crippen LogP contribution >= 0.6 is 0 Å². The first-order chi connectivity index (χ1) is 6.29. The van der Waals surface area contributed by atoms with Gasteiger partial charge in [-0.1, -0.05) is 0 Å². The molecule has 0 aliphatic heterocycles. The van der Waals surface area contributed by atoms with E-state index >= 15 is 0 Å². The lowest BCUT2D eigenvalue weighted by Crippen LogP contribution is -2.33. The predicted octanol–water partition coefficient (Wildman–Crippen LogP) is 1.13. The molecule has 0 amide bonds. The fourth-order valence-corrected chi connectivity index (χ4v) is 0. The van der Waals surface area contributed by atoms with Crippen molar-refractivity contribution in [1.82, 2.24) is 0 Å². The molecule has 0 aliphatic carbocycles. The first-order valence-electron chi connectivity index (χ1n) is 5.08. The molecule has 0 aromatic carbocycles. The van der Waals surface area contributed by atoms with Gasteiger partial charge in [0.2, 0.25) is 0 Å². The first kappa shape index (κ1) is 19.9. The van der Waals surface area contributed by atoms with Crippen molar-refractivity contribution in [2.45, 2.75) is 13.8 Å². The first-order valence-corrected chi connectivity index (χ1v) is 5.08. The molecule has 0 aromatic heterocycles. The maximum absolute atomic E-state index is 9.00. The second-order valence-corrected chi connectivity index (χ2v) is 5.81. The van der Waals surface area contributed by atoms with E-state index in [1.165, 1.54) is 6.54 Å². The van der Waals surface area contributed by atoms with Crippen molar-refractivity contribution in [3.63, 3.8) is 0 Å². The minimum absolute atomic E-state index is 0.833. The van der Waals surface area contributed by atoms with Crippen molar-refractivity contribution in [1.29, 1.82) is 0 Å². The fraction of sp³-hybridized carbons (Fsp3) is 0.909. The Morgan fingerprint density at radius 3 is 1.07 bits per heavy atom. The Balaban J connectivity index is -0.000000147. The Kier molecular flexibility index (Phi) is 11.5. The predicted molar refractivity (Wildman–Crippen MR) is 65.8 cm³/mol. The average Bonchev–Trinajstić information content (AvgIpc) is 1.80. The third-order valence-corrected chi connectivity index (χ3v) is 0.949. The maximum Gasteiger partial charge on any atom is 0.300 e. The van der Waals surface area contributed by atoms with Crippen molar-refractivity contribution in [3.8, 4) is 0 Å². The molecular formula is C11H30N2O2+2. The molecule has 4 heteroatoms. The molecule has 0 saturated heterocycles. The molecule has 0 rings (SSSR count). The lowest BCUT2D eigenvalue weighted by Gasteiger charge is -2.20. The molecule has 15 heavy (non-hydrogen) atoms. The van der Waals surface area contributed by atoms with Gasteiger partial charge in [-0.3, -0.25) is 4.79 Å². The monoisotopic (exact) mass is 222 g/mol. The van der Waals surface area contributed by atoms with Crippen molar-refractivity contribution >= 4 is 5.97 Å². The second-order valence-electron chi connectivity index (χ2n) is 5.81. The Labute approximate surface area is 95.3 Å². The molecule has 0 saturated carbocycles. The quantitative estimate of drug-likeness (QED) is 0.675. The highest BCUT2D eigenvalue weighted by Crippen LogP contribution is 1.83. The van der Waals surface area contributed by atoms with Crippen LogP contribution < -0.4 is 0 Å². The van der Waals surface area contributed by atoms with Gasteiger partial charge in [0.1, 0.15) is 0 Å². The van der Waals surface area contributed by atoms with Gasteiger partial charge in [-0.05, 0) is 6.92 Å². The number of nitrogens with zero attached hydrogens (tertiary/aromatic N) is 2. The van der Waals surface area contributed by atoms with Gasteiger partial charge in [-0.15, -0.1) is 0 Å². The SMILES string of the molecule is CC(=O)O.CC[N+](C)(C)C.C[N+](C)(C)C. The number of hydrogen-bond acceptors (Lipinski definition) is 1. The largest absolute Gasteiger partial charge is 0.481 e. The number of hydrogen-bond donors (Lipinski definition) is 1. The van der Waals surface area contributed by atoms with E-state index in [1.54, 1.807) is 0 Å². The van der Waals surface area contributed by atoms with E-state index in [9.17, 15) is 0 Å². The summed E-state index contributed by atoms with van der Waals surface area (Å²) in [5.74, 6) is -0.833. The molecule has 0 fully saturated rings. The van der Waals surface area contributed by atoms with Gasteiger partial charge in [-0.25, -0.2) is 0 Å². The minimum atomic E-state index is -0.833. The van der Waals surface area contributed by atoms with Crippen LogP contribution in [0.15, 0.2) is 0 Å². The highest BCUT2D eigenvalue weighted by molar-refractivity contribution is 5.62. The van der Waals surface area contributed by atoms with E-state index in [0.29, 0.717) is 0 Å². The maximum atomic E-state index is 9.00. The van der Waals surface area contributed by atoms with Crippen LogP contribution in [0.4, 0.5) is 0 Å². The number of quaternary nitrogens is 2. The Hall–Kier alpha value is -0.610. The molecular weight excluding hydrogens is 192 g/mol. The topological polar surface area (TPSA) is 37.3 Å². The van der Waals surface area contributed by atoms with Crippen LogP contribution in [-0.2, 0) is 4.79 Å². The molecule has 0 heterocycles. The molecule has 94 valence electrons. The van der Waals surface area contributed by atoms with E-state index < -0.39 is 5.97 Å². The summed E-state index contributed by atoms with van der Waals surface area (Å²) in [6.07, 6.45) is 0. The molecule has 0 atom stereocenters. The van der Waals surface area contributed by atoms with Gasteiger partial charge >= 0.3 is 0 Å². The highest BCUT2D eigenvalue weighted by atomic mass is 16.4. The van der Waals surface area contributed by atoms with E-state index in [-0.39, 0.29) is 0 Å². The summed E-state index contributed by atoms with van der Waals surface area (Å²) in [5, 5.41) is 7.42. The van der Waals surface area contributed by atoms with Crippen molar-refractivity contribution in [3.05, 3.63) is 0 Å². The van der Waals surface area contributed by atoms with Gasteiger partial charge in [0.05, 0.1) is 55.9 Å². The normalized spacial score (nSPS) is 10.5. The number of carboxylic acids is 1. The molecule has 0 aliphatic rings. The highest BCUT2D eigenvalue weighted by Gasteiger charge is 1.97. The summed E-state index contributed by atoms with van der Waals surface area (Å²) in [6, 6.07) is 0. The fourth-order valence-electron chi connectivity index (χ4n) is 0. The zero-order valence-corrected chi connectivity index (χ0v) is 12.0. The van der Waals surface area contributed by atoms with Crippen LogP contribution in [0, 0.1) is 0 Å². The lowest BCUT2D eigenvalue weighted by atomic mass is 10.6. The standard InChI is InChI=1S/C5H14N.C4H12N.C2H4O2/c1-5-6(2,3)4;1-5(2,3)4;1-2(3)4/h5H2,1-4H3;1-4H3;1H3,(H,3,4)/q2*+1;. The summed E-state index contributed by atoms with van der Waals surface area (Å²) in [7, 11) is 15.0. The Morgan fingerprint density at radius 2 is 1.07 bits per heavy atom. The summed E-state index contributed by atoms with van der Waals surface area (Å²) >= 11 is 0. The minimum Gasteiger partial charge on any atom is -0.481 e. The smallest absolute Gasteiger partial charge is 0.300 e. The molecule has 1 N–H and O–H groups in total. The molecule has 0 aromatic rings. The van der Waals surface area contributed by atoms with Crippen LogP contribution in [0.3, 0.4) is 0 Å². The van der Waals surface area contributed by atoms with Crippen LogP contribution in [0.1, 0.15) is 13.8 Å². The van der Waals surface area contributed by atoms with Gasteiger partial charge < -0.3 is 14.1 Å². The molecule has 4 nitrogen and oxygen atoms in total. The van der Waals surface area contributed by atoms with E-state index in [2.05, 4.69) is 56.3 Å². The molecule has 0 bridgehead atoms. The lowest BCUT2D eigenvalue weighted by molar-refractivity contribution is -0.868. The second kappa shape index (κ2) is 8.68. The van der Waals surface area contributed by atoms with Crippen LogP contribution in [-0.4, -0.2) is 75.9 Å². The molecule has 0 spiro atoms. The van der Waals surface area contributed by atoms with Gasteiger partial charge in [0, 0.05) is 6.92 Å².